The van der Waals surface area contributed by atoms with Crippen LogP contribution in [-0.4, -0.2) is 27.8 Å². The Bertz CT molecular complexity index is 468. The molecule has 70 valence electrons. The zero-order chi connectivity index (χ0) is 10.3. The van der Waals surface area contributed by atoms with Gasteiger partial charge in [-0.2, -0.15) is 0 Å². The fourth-order valence-corrected chi connectivity index (χ4v) is 1.47. The first-order valence-electron chi connectivity index (χ1n) is 4.02. The van der Waals surface area contributed by atoms with Gasteiger partial charge in [-0.15, -0.1) is 0 Å². The molecule has 2 N–H and O–H groups in total. The van der Waals surface area contributed by atoms with Gasteiger partial charge in [0.15, 0.2) is 13.7 Å². The molecule has 0 aliphatic carbocycles. The predicted octanol–water partition coefficient (Wildman–Crippen LogP) is -0.778. The number of rotatable bonds is 0. The van der Waals surface area contributed by atoms with Gasteiger partial charge in [0.1, 0.15) is 11.0 Å². The third kappa shape index (κ3) is 1.37. The highest BCUT2D eigenvalue weighted by Gasteiger charge is 2.08. The molecule has 14 heavy (non-hydrogen) atoms. The van der Waals surface area contributed by atoms with Crippen LogP contribution in [-0.2, 0) is 0 Å². The average Bonchev–Trinajstić information content (AvgIpc) is 2.07. The number of nitrogen functional groups attached to an aromatic ring is 1. The van der Waals surface area contributed by atoms with Crippen LogP contribution in [0.4, 0.5) is 5.82 Å². The Morgan fingerprint density at radius 2 is 1.86 bits per heavy atom. The summed E-state index contributed by atoms with van der Waals surface area (Å²) in [5, 5.41) is 0.161. The van der Waals surface area contributed by atoms with Gasteiger partial charge in [-0.3, -0.25) is 0 Å². The third-order valence-electron chi connectivity index (χ3n) is 1.83. The fraction of sp³-hybridized carbons (Fsp3) is 0.143. The van der Waals surface area contributed by atoms with Crippen molar-refractivity contribution in [2.45, 2.75) is 6.92 Å². The zero-order valence-corrected chi connectivity index (χ0v) is 8.50. The summed E-state index contributed by atoms with van der Waals surface area (Å²) in [5.74, 6) is 0.333. The highest BCUT2D eigenvalue weighted by Crippen LogP contribution is 2.17. The van der Waals surface area contributed by atoms with Crippen LogP contribution in [0.2, 0.25) is 5.28 Å². The topological polar surface area (TPSA) is 77.6 Å². The molecule has 0 aliphatic heterocycles. The van der Waals surface area contributed by atoms with Gasteiger partial charge in [0, 0.05) is 0 Å². The Morgan fingerprint density at radius 1 is 1.14 bits per heavy atom. The molecule has 0 saturated heterocycles. The molecule has 0 unspecified atom stereocenters. The van der Waals surface area contributed by atoms with Crippen LogP contribution in [0.25, 0.3) is 11.0 Å². The Labute approximate surface area is 86.2 Å². The van der Waals surface area contributed by atoms with Gasteiger partial charge in [-0.25, -0.2) is 19.9 Å². The molecule has 2 aromatic heterocycles. The molecule has 2 aromatic rings. The number of nitrogens with zero attached hydrogens (tertiary/aromatic N) is 4. The summed E-state index contributed by atoms with van der Waals surface area (Å²) >= 11 is 5.70. The minimum atomic E-state index is 0.161. The van der Waals surface area contributed by atoms with Crippen LogP contribution < -0.4 is 11.5 Å². The van der Waals surface area contributed by atoms with Gasteiger partial charge in [0.2, 0.25) is 5.28 Å². The van der Waals surface area contributed by atoms with E-state index in [1.54, 1.807) is 7.85 Å². The van der Waals surface area contributed by atoms with E-state index in [0.717, 1.165) is 0 Å². The predicted molar refractivity (Wildman–Crippen MR) is 57.5 cm³/mol. The van der Waals surface area contributed by atoms with Crippen molar-refractivity contribution in [3.8, 4) is 0 Å². The van der Waals surface area contributed by atoms with E-state index in [2.05, 4.69) is 19.9 Å². The number of anilines is 1. The highest BCUT2D eigenvalue weighted by atomic mass is 35.5. The number of fused-ring (bicyclic) bond motifs is 1. The van der Waals surface area contributed by atoms with E-state index >= 15 is 0 Å². The number of hydrogen-bond acceptors (Lipinski definition) is 5. The average molecular weight is 207 g/mol. The van der Waals surface area contributed by atoms with E-state index in [4.69, 9.17) is 17.3 Å². The summed E-state index contributed by atoms with van der Waals surface area (Å²) in [5.41, 5.74) is 8.16. The normalized spacial score (nSPS) is 10.7. The molecule has 0 bridgehead atoms. The molecule has 0 radical (unpaired) electrons. The number of nitrogens with two attached hydrogens (primary N) is 1. The fourth-order valence-electron chi connectivity index (χ4n) is 1.26. The SMILES string of the molecule is Bc1nc(N)c2nc(Cl)nc(C)c2n1. The molecule has 0 fully saturated rings. The first kappa shape index (κ1) is 9.14. The van der Waals surface area contributed by atoms with Crippen molar-refractivity contribution < 1.29 is 0 Å². The van der Waals surface area contributed by atoms with E-state index in [1.807, 2.05) is 6.92 Å². The molecule has 2 heterocycles. The van der Waals surface area contributed by atoms with Crippen LogP contribution in [0.15, 0.2) is 0 Å². The summed E-state index contributed by atoms with van der Waals surface area (Å²) in [6.07, 6.45) is 0. The summed E-state index contributed by atoms with van der Waals surface area (Å²) < 4.78 is 0. The lowest BCUT2D eigenvalue weighted by atomic mass is 10.1. The third-order valence-corrected chi connectivity index (χ3v) is 2.00. The maximum atomic E-state index is 5.70. The van der Waals surface area contributed by atoms with Gasteiger partial charge >= 0.3 is 0 Å². The second-order valence-corrected chi connectivity index (χ2v) is 3.27. The van der Waals surface area contributed by atoms with Crippen molar-refractivity contribution in [3.63, 3.8) is 0 Å². The van der Waals surface area contributed by atoms with Crippen LogP contribution in [0, 0.1) is 6.92 Å². The summed E-state index contributed by atoms with van der Waals surface area (Å²) in [6, 6.07) is 0. The second-order valence-electron chi connectivity index (χ2n) is 2.93. The largest absolute Gasteiger partial charge is 0.382 e. The Kier molecular flexibility index (Phi) is 2.00. The summed E-state index contributed by atoms with van der Waals surface area (Å²) in [7, 11) is 1.77. The van der Waals surface area contributed by atoms with E-state index in [1.165, 1.54) is 0 Å². The van der Waals surface area contributed by atoms with Crippen molar-refractivity contribution in [2.75, 3.05) is 5.73 Å². The highest BCUT2D eigenvalue weighted by molar-refractivity contribution is 6.30. The van der Waals surface area contributed by atoms with Gasteiger partial charge in [0.25, 0.3) is 0 Å². The molecule has 0 aromatic carbocycles. The monoisotopic (exact) mass is 207 g/mol. The number of hydrogen-bond donors (Lipinski definition) is 1. The van der Waals surface area contributed by atoms with E-state index in [0.29, 0.717) is 28.3 Å². The number of aromatic nitrogens is 4. The molecule has 5 nitrogen and oxygen atoms in total. The smallest absolute Gasteiger partial charge is 0.223 e. The second kappa shape index (κ2) is 3.06. The molecular formula is C7H7BClN5. The van der Waals surface area contributed by atoms with Gasteiger partial charge in [-0.05, 0) is 18.5 Å². The van der Waals surface area contributed by atoms with Crippen molar-refractivity contribution in [1.29, 1.82) is 0 Å². The molecule has 7 heteroatoms. The van der Waals surface area contributed by atoms with Crippen LogP contribution in [0.5, 0.6) is 0 Å². The zero-order valence-electron chi connectivity index (χ0n) is 7.74. The molecule has 0 spiro atoms. The Morgan fingerprint density at radius 3 is 2.57 bits per heavy atom. The first-order valence-corrected chi connectivity index (χ1v) is 4.39. The van der Waals surface area contributed by atoms with Crippen molar-refractivity contribution in [3.05, 3.63) is 11.0 Å². The molecule has 0 amide bonds. The Hall–Kier alpha value is -1.43. The van der Waals surface area contributed by atoms with Gasteiger partial charge in [0.05, 0.1) is 11.4 Å². The summed E-state index contributed by atoms with van der Waals surface area (Å²) in [4.78, 5) is 16.2. The van der Waals surface area contributed by atoms with Crippen molar-refractivity contribution >= 4 is 42.0 Å². The lowest BCUT2D eigenvalue weighted by molar-refractivity contribution is 1.12. The molecule has 0 atom stereocenters. The van der Waals surface area contributed by atoms with Crippen LogP contribution >= 0.6 is 11.6 Å². The standard InChI is InChI=1S/C7H7BClN5/c1-2-3-4(13-7(9)11-2)5(10)14-6(8)12-3/h8H2,1H3,(H2,10,12,14). The van der Waals surface area contributed by atoms with Crippen molar-refractivity contribution in [1.82, 2.24) is 19.9 Å². The first-order chi connectivity index (χ1) is 6.58. The molecule has 0 saturated carbocycles. The van der Waals surface area contributed by atoms with E-state index in [9.17, 15) is 0 Å². The maximum absolute atomic E-state index is 5.70. The van der Waals surface area contributed by atoms with E-state index < -0.39 is 0 Å². The molecular weight excluding hydrogens is 200 g/mol. The minimum absolute atomic E-state index is 0.161. The molecule has 0 aliphatic rings. The number of halogens is 1. The molecule has 2 rings (SSSR count). The van der Waals surface area contributed by atoms with Gasteiger partial charge < -0.3 is 5.73 Å². The lowest BCUT2D eigenvalue weighted by Gasteiger charge is -2.04. The quantitative estimate of drug-likeness (QED) is 0.453. The van der Waals surface area contributed by atoms with Crippen LogP contribution in [0.3, 0.4) is 0 Å². The number of aryl methyl sites for hydroxylation is 1. The minimum Gasteiger partial charge on any atom is -0.382 e. The maximum Gasteiger partial charge on any atom is 0.223 e. The summed E-state index contributed by atoms with van der Waals surface area (Å²) in [6.45, 7) is 1.81. The van der Waals surface area contributed by atoms with Crippen molar-refractivity contribution in [2.24, 2.45) is 0 Å². The van der Waals surface area contributed by atoms with Crippen LogP contribution in [0.1, 0.15) is 5.69 Å². The lowest BCUT2D eigenvalue weighted by Crippen LogP contribution is -2.16. The Balaban J connectivity index is 2.94. The van der Waals surface area contributed by atoms with Gasteiger partial charge in [-0.1, -0.05) is 0 Å². The van der Waals surface area contributed by atoms with E-state index in [-0.39, 0.29) is 5.28 Å².